The smallest absolute Gasteiger partial charge is 0.226 e. The SMILES string of the molecule is COc1ccc(N(CCC(=O)Nc2cc(C)ccc2OC)C(C)=O)c(OC)c1. The summed E-state index contributed by atoms with van der Waals surface area (Å²) in [7, 11) is 4.63. The van der Waals surface area contributed by atoms with Crippen molar-refractivity contribution in [1.29, 1.82) is 0 Å². The minimum absolute atomic E-state index is 0.117. The van der Waals surface area contributed by atoms with Gasteiger partial charge in [-0.1, -0.05) is 6.07 Å². The topological polar surface area (TPSA) is 77.1 Å². The average molecular weight is 386 g/mol. The summed E-state index contributed by atoms with van der Waals surface area (Å²) in [6.07, 6.45) is 0.117. The van der Waals surface area contributed by atoms with Crippen molar-refractivity contribution in [3.05, 3.63) is 42.0 Å². The summed E-state index contributed by atoms with van der Waals surface area (Å²) in [5.41, 5.74) is 2.19. The standard InChI is InChI=1S/C21H26N2O5/c1-14-6-9-19(27-4)17(12-14)22-21(25)10-11-23(15(2)24)18-8-7-16(26-3)13-20(18)28-5/h6-9,12-13H,10-11H2,1-5H3,(H,22,25). The maximum Gasteiger partial charge on any atom is 0.226 e. The maximum absolute atomic E-state index is 12.4. The first-order chi connectivity index (χ1) is 13.4. The summed E-state index contributed by atoms with van der Waals surface area (Å²) in [5, 5.41) is 2.84. The zero-order valence-corrected chi connectivity index (χ0v) is 16.9. The number of carbonyl (C=O) groups excluding carboxylic acids is 2. The maximum atomic E-state index is 12.4. The number of methoxy groups -OCH3 is 3. The fraction of sp³-hybridized carbons (Fsp3) is 0.333. The summed E-state index contributed by atoms with van der Waals surface area (Å²) in [6, 6.07) is 10.7. The lowest BCUT2D eigenvalue weighted by atomic mass is 10.2. The molecule has 0 aliphatic carbocycles. The Morgan fingerprint density at radius 2 is 1.68 bits per heavy atom. The van der Waals surface area contributed by atoms with E-state index in [1.54, 1.807) is 38.5 Å². The van der Waals surface area contributed by atoms with Crippen LogP contribution in [0.1, 0.15) is 18.9 Å². The van der Waals surface area contributed by atoms with Crippen LogP contribution >= 0.6 is 0 Å². The zero-order chi connectivity index (χ0) is 20.7. The Labute approximate surface area is 165 Å². The van der Waals surface area contributed by atoms with Crippen LogP contribution in [0.15, 0.2) is 36.4 Å². The van der Waals surface area contributed by atoms with Crippen molar-refractivity contribution in [2.75, 3.05) is 38.1 Å². The molecule has 2 amide bonds. The van der Waals surface area contributed by atoms with Crippen LogP contribution in [-0.2, 0) is 9.59 Å². The molecule has 0 aromatic heterocycles. The van der Waals surface area contributed by atoms with E-state index >= 15 is 0 Å². The molecule has 0 heterocycles. The van der Waals surface area contributed by atoms with Crippen molar-refractivity contribution in [2.45, 2.75) is 20.3 Å². The largest absolute Gasteiger partial charge is 0.497 e. The molecule has 0 fully saturated rings. The highest BCUT2D eigenvalue weighted by molar-refractivity contribution is 5.96. The number of hydrogen-bond donors (Lipinski definition) is 1. The Hall–Kier alpha value is -3.22. The van der Waals surface area contributed by atoms with Crippen molar-refractivity contribution in [3.63, 3.8) is 0 Å². The van der Waals surface area contributed by atoms with Gasteiger partial charge in [-0.05, 0) is 36.8 Å². The van der Waals surface area contributed by atoms with Crippen LogP contribution in [0.25, 0.3) is 0 Å². The summed E-state index contributed by atoms with van der Waals surface area (Å²) < 4.78 is 15.8. The second-order valence-corrected chi connectivity index (χ2v) is 6.21. The minimum atomic E-state index is -0.220. The molecular formula is C21H26N2O5. The summed E-state index contributed by atoms with van der Waals surface area (Å²) in [6.45, 7) is 3.59. The van der Waals surface area contributed by atoms with Crippen LogP contribution in [0.3, 0.4) is 0 Å². The van der Waals surface area contributed by atoms with E-state index in [1.165, 1.54) is 18.9 Å². The molecule has 2 aromatic carbocycles. The van der Waals surface area contributed by atoms with Gasteiger partial charge in [0.1, 0.15) is 17.2 Å². The second kappa shape index (κ2) is 9.64. The molecule has 0 aliphatic heterocycles. The van der Waals surface area contributed by atoms with Gasteiger partial charge in [-0.15, -0.1) is 0 Å². The van der Waals surface area contributed by atoms with E-state index in [2.05, 4.69) is 5.32 Å². The van der Waals surface area contributed by atoms with Crippen LogP contribution in [-0.4, -0.2) is 39.7 Å². The lowest BCUT2D eigenvalue weighted by Crippen LogP contribution is -2.32. The number of aryl methyl sites for hydroxylation is 1. The lowest BCUT2D eigenvalue weighted by Gasteiger charge is -2.23. The number of nitrogens with one attached hydrogen (secondary N) is 1. The predicted molar refractivity (Wildman–Crippen MR) is 109 cm³/mol. The molecule has 0 spiro atoms. The van der Waals surface area contributed by atoms with E-state index in [0.29, 0.717) is 28.6 Å². The predicted octanol–water partition coefficient (Wildman–Crippen LogP) is 3.40. The fourth-order valence-electron chi connectivity index (χ4n) is 2.80. The molecule has 28 heavy (non-hydrogen) atoms. The van der Waals surface area contributed by atoms with E-state index in [4.69, 9.17) is 14.2 Å². The summed E-state index contributed by atoms with van der Waals surface area (Å²) in [5.74, 6) is 1.29. The molecule has 0 unspecified atom stereocenters. The highest BCUT2D eigenvalue weighted by Crippen LogP contribution is 2.32. The van der Waals surface area contributed by atoms with E-state index in [-0.39, 0.29) is 24.8 Å². The van der Waals surface area contributed by atoms with Crippen molar-refractivity contribution < 1.29 is 23.8 Å². The number of rotatable bonds is 8. The van der Waals surface area contributed by atoms with Crippen LogP contribution in [0, 0.1) is 6.92 Å². The Bertz CT molecular complexity index is 851. The molecule has 7 nitrogen and oxygen atoms in total. The Kier molecular flexibility index (Phi) is 7.26. The second-order valence-electron chi connectivity index (χ2n) is 6.21. The van der Waals surface area contributed by atoms with Crippen LogP contribution in [0.5, 0.6) is 17.2 Å². The molecule has 0 atom stereocenters. The summed E-state index contributed by atoms with van der Waals surface area (Å²) in [4.78, 5) is 26.1. The van der Waals surface area contributed by atoms with Gasteiger partial charge in [0.15, 0.2) is 0 Å². The van der Waals surface area contributed by atoms with Crippen molar-refractivity contribution in [2.24, 2.45) is 0 Å². The molecule has 150 valence electrons. The van der Waals surface area contributed by atoms with Gasteiger partial charge in [0.2, 0.25) is 11.8 Å². The number of amides is 2. The van der Waals surface area contributed by atoms with Crippen LogP contribution in [0.2, 0.25) is 0 Å². The molecule has 2 aromatic rings. The zero-order valence-electron chi connectivity index (χ0n) is 16.9. The molecular weight excluding hydrogens is 360 g/mol. The first-order valence-electron chi connectivity index (χ1n) is 8.84. The molecule has 0 bridgehead atoms. The third-order valence-corrected chi connectivity index (χ3v) is 4.25. The van der Waals surface area contributed by atoms with Gasteiger partial charge in [-0.25, -0.2) is 0 Å². The highest BCUT2D eigenvalue weighted by atomic mass is 16.5. The highest BCUT2D eigenvalue weighted by Gasteiger charge is 2.18. The molecule has 0 radical (unpaired) electrons. The third-order valence-electron chi connectivity index (χ3n) is 4.25. The van der Waals surface area contributed by atoms with Crippen molar-refractivity contribution >= 4 is 23.2 Å². The van der Waals surface area contributed by atoms with Gasteiger partial charge in [0.25, 0.3) is 0 Å². The molecule has 1 N–H and O–H groups in total. The molecule has 2 rings (SSSR count). The van der Waals surface area contributed by atoms with Gasteiger partial charge in [0.05, 0.1) is 32.7 Å². The van der Waals surface area contributed by atoms with Crippen LogP contribution in [0.4, 0.5) is 11.4 Å². The number of benzene rings is 2. The first kappa shape index (κ1) is 21.1. The van der Waals surface area contributed by atoms with Gasteiger partial charge in [-0.2, -0.15) is 0 Å². The first-order valence-corrected chi connectivity index (χ1v) is 8.84. The Morgan fingerprint density at radius 1 is 0.964 bits per heavy atom. The van der Waals surface area contributed by atoms with Gasteiger partial charge >= 0.3 is 0 Å². The molecule has 0 saturated carbocycles. The summed E-state index contributed by atoms with van der Waals surface area (Å²) >= 11 is 0. The van der Waals surface area contributed by atoms with E-state index in [0.717, 1.165) is 5.56 Å². The lowest BCUT2D eigenvalue weighted by molar-refractivity contribution is -0.117. The number of carbonyl (C=O) groups is 2. The number of anilines is 2. The van der Waals surface area contributed by atoms with Crippen molar-refractivity contribution in [3.8, 4) is 17.2 Å². The van der Waals surface area contributed by atoms with E-state index < -0.39 is 0 Å². The van der Waals surface area contributed by atoms with E-state index in [9.17, 15) is 9.59 Å². The Balaban J connectivity index is 2.13. The van der Waals surface area contributed by atoms with Gasteiger partial charge in [-0.3, -0.25) is 9.59 Å². The molecule has 0 saturated heterocycles. The number of hydrogen-bond acceptors (Lipinski definition) is 5. The number of ether oxygens (including phenoxy) is 3. The fourth-order valence-corrected chi connectivity index (χ4v) is 2.80. The van der Waals surface area contributed by atoms with Gasteiger partial charge in [0, 0.05) is 26.0 Å². The van der Waals surface area contributed by atoms with Gasteiger partial charge < -0.3 is 24.4 Å². The van der Waals surface area contributed by atoms with Crippen LogP contribution < -0.4 is 24.4 Å². The van der Waals surface area contributed by atoms with Crippen molar-refractivity contribution in [1.82, 2.24) is 0 Å². The molecule has 7 heteroatoms. The third kappa shape index (κ3) is 5.16. The molecule has 0 aliphatic rings. The normalized spacial score (nSPS) is 10.2. The van der Waals surface area contributed by atoms with E-state index in [1.807, 2.05) is 19.1 Å². The minimum Gasteiger partial charge on any atom is -0.497 e. The average Bonchev–Trinajstić information content (AvgIpc) is 2.68. The number of nitrogens with zero attached hydrogens (tertiary/aromatic N) is 1. The Morgan fingerprint density at radius 3 is 2.29 bits per heavy atom. The quantitative estimate of drug-likeness (QED) is 0.752. The monoisotopic (exact) mass is 386 g/mol.